The number of hydrogen-bond donors (Lipinski definition) is 1. The smallest absolute Gasteiger partial charge is 0.241 e. The molecule has 8 heteroatoms. The molecule has 4 rings (SSSR count). The molecule has 0 saturated heterocycles. The number of likely N-dealkylation sites (N-methyl/N-ethyl adjacent to an activating group) is 1. The lowest BCUT2D eigenvalue weighted by molar-refractivity contribution is -0.133. The number of hydrogen-bond acceptors (Lipinski definition) is 5. The van der Waals surface area contributed by atoms with Crippen LogP contribution < -0.4 is 5.32 Å². The lowest BCUT2D eigenvalue weighted by atomic mass is 9.78. The van der Waals surface area contributed by atoms with Gasteiger partial charge >= 0.3 is 0 Å². The Labute approximate surface area is 162 Å². The Balaban J connectivity index is 1.53. The maximum absolute atomic E-state index is 13.1. The standard InChI is InChI=1S/C20H23FN4O3/c1-25(2)15(26)10-22-19(27)16-12-3-4-13(9-12)17(16)20-23-18(24-28-20)11-5-7-14(21)8-6-11/h5-8,12-13,16-17H,3-4,9-10H2,1-2H3,(H,22,27)/t12-,13+,16-,17-/m0/s1. The fourth-order valence-electron chi connectivity index (χ4n) is 4.55. The van der Waals surface area contributed by atoms with Gasteiger partial charge in [-0.25, -0.2) is 4.39 Å². The molecule has 0 spiro atoms. The van der Waals surface area contributed by atoms with Gasteiger partial charge in [0, 0.05) is 19.7 Å². The topological polar surface area (TPSA) is 88.3 Å². The zero-order chi connectivity index (χ0) is 19.8. The second kappa shape index (κ2) is 7.33. The molecule has 2 amide bonds. The van der Waals surface area contributed by atoms with Crippen molar-refractivity contribution >= 4 is 11.8 Å². The molecule has 2 aliphatic carbocycles. The summed E-state index contributed by atoms with van der Waals surface area (Å²) in [5.41, 5.74) is 0.664. The second-order valence-corrected chi connectivity index (χ2v) is 7.85. The fraction of sp³-hybridized carbons (Fsp3) is 0.500. The molecule has 1 heterocycles. The highest BCUT2D eigenvalue weighted by Crippen LogP contribution is 2.56. The first kappa shape index (κ1) is 18.6. The van der Waals surface area contributed by atoms with E-state index in [9.17, 15) is 14.0 Å². The van der Waals surface area contributed by atoms with Crippen molar-refractivity contribution in [3.63, 3.8) is 0 Å². The van der Waals surface area contributed by atoms with Gasteiger partial charge in [-0.15, -0.1) is 0 Å². The molecule has 2 fully saturated rings. The monoisotopic (exact) mass is 386 g/mol. The van der Waals surface area contributed by atoms with Crippen LogP contribution in [0.25, 0.3) is 11.4 Å². The Morgan fingerprint density at radius 1 is 1.21 bits per heavy atom. The third-order valence-electron chi connectivity index (χ3n) is 5.96. The molecule has 1 N–H and O–H groups in total. The van der Waals surface area contributed by atoms with Gasteiger partial charge in [-0.05, 0) is 55.4 Å². The maximum Gasteiger partial charge on any atom is 0.241 e. The highest BCUT2D eigenvalue weighted by molar-refractivity contribution is 5.86. The molecule has 0 radical (unpaired) electrons. The predicted octanol–water partition coefficient (Wildman–Crippen LogP) is 2.21. The van der Waals surface area contributed by atoms with E-state index in [0.717, 1.165) is 19.3 Å². The molecule has 28 heavy (non-hydrogen) atoms. The minimum Gasteiger partial charge on any atom is -0.347 e. The molecule has 2 bridgehead atoms. The summed E-state index contributed by atoms with van der Waals surface area (Å²) in [7, 11) is 3.31. The average Bonchev–Trinajstić information content (AvgIpc) is 3.41. The molecule has 2 saturated carbocycles. The van der Waals surface area contributed by atoms with E-state index >= 15 is 0 Å². The summed E-state index contributed by atoms with van der Waals surface area (Å²) >= 11 is 0. The van der Waals surface area contributed by atoms with Crippen LogP contribution in [0.2, 0.25) is 0 Å². The third kappa shape index (κ3) is 3.39. The van der Waals surface area contributed by atoms with Gasteiger partial charge in [-0.1, -0.05) is 5.16 Å². The van der Waals surface area contributed by atoms with E-state index in [0.29, 0.717) is 23.2 Å². The van der Waals surface area contributed by atoms with E-state index < -0.39 is 0 Å². The lowest BCUT2D eigenvalue weighted by Gasteiger charge is -2.27. The van der Waals surface area contributed by atoms with Gasteiger partial charge in [0.15, 0.2) is 0 Å². The summed E-state index contributed by atoms with van der Waals surface area (Å²) in [6.07, 6.45) is 2.99. The fourth-order valence-corrected chi connectivity index (χ4v) is 4.55. The van der Waals surface area contributed by atoms with Gasteiger partial charge in [0.1, 0.15) is 5.82 Å². The Kier molecular flexibility index (Phi) is 4.87. The molecule has 1 aromatic heterocycles. The molecule has 4 atom stereocenters. The van der Waals surface area contributed by atoms with Crippen molar-refractivity contribution in [2.45, 2.75) is 25.2 Å². The zero-order valence-electron chi connectivity index (χ0n) is 15.9. The normalized spacial score (nSPS) is 25.7. The van der Waals surface area contributed by atoms with E-state index in [-0.39, 0.29) is 41.9 Å². The number of aromatic nitrogens is 2. The van der Waals surface area contributed by atoms with Crippen molar-refractivity contribution < 1.29 is 18.5 Å². The van der Waals surface area contributed by atoms with Gasteiger partial charge in [0.25, 0.3) is 0 Å². The average molecular weight is 386 g/mol. The number of halogens is 1. The van der Waals surface area contributed by atoms with E-state index in [1.807, 2.05) is 0 Å². The zero-order valence-corrected chi connectivity index (χ0v) is 15.9. The van der Waals surface area contributed by atoms with Gasteiger partial charge in [0.05, 0.1) is 18.4 Å². The highest BCUT2D eigenvalue weighted by atomic mass is 19.1. The van der Waals surface area contributed by atoms with Gasteiger partial charge in [-0.2, -0.15) is 4.98 Å². The SMILES string of the molecule is CN(C)C(=O)CNC(=O)[C@H]1[C@H]2CC[C@H](C2)[C@@H]1c1nc(-c2ccc(F)cc2)no1. The third-order valence-corrected chi connectivity index (χ3v) is 5.96. The molecule has 0 unspecified atom stereocenters. The van der Waals surface area contributed by atoms with Crippen LogP contribution in [0.3, 0.4) is 0 Å². The number of carbonyl (C=O) groups is 2. The minimum atomic E-state index is -0.329. The van der Waals surface area contributed by atoms with Crippen molar-refractivity contribution in [3.05, 3.63) is 36.0 Å². The van der Waals surface area contributed by atoms with E-state index in [1.165, 1.54) is 17.0 Å². The van der Waals surface area contributed by atoms with Crippen molar-refractivity contribution in [1.29, 1.82) is 0 Å². The van der Waals surface area contributed by atoms with Crippen LogP contribution >= 0.6 is 0 Å². The molecule has 2 aromatic rings. The first-order valence-corrected chi connectivity index (χ1v) is 9.51. The van der Waals surface area contributed by atoms with Crippen LogP contribution in [0.4, 0.5) is 4.39 Å². The molecular weight excluding hydrogens is 363 g/mol. The quantitative estimate of drug-likeness (QED) is 0.851. The summed E-state index contributed by atoms with van der Waals surface area (Å²) in [5, 5.41) is 6.81. The molecule has 0 aliphatic heterocycles. The first-order chi connectivity index (χ1) is 13.4. The number of carbonyl (C=O) groups excluding carboxylic acids is 2. The van der Waals surface area contributed by atoms with Crippen molar-refractivity contribution in [2.75, 3.05) is 20.6 Å². The molecule has 7 nitrogen and oxygen atoms in total. The predicted molar refractivity (Wildman–Crippen MR) is 98.5 cm³/mol. The van der Waals surface area contributed by atoms with Crippen LogP contribution in [0.1, 0.15) is 31.1 Å². The largest absolute Gasteiger partial charge is 0.347 e. The van der Waals surface area contributed by atoms with Gasteiger partial charge in [0.2, 0.25) is 23.5 Å². The van der Waals surface area contributed by atoms with Crippen molar-refractivity contribution in [3.8, 4) is 11.4 Å². The maximum atomic E-state index is 13.1. The first-order valence-electron chi connectivity index (χ1n) is 9.51. The van der Waals surface area contributed by atoms with Crippen LogP contribution in [-0.2, 0) is 9.59 Å². The summed E-state index contributed by atoms with van der Waals surface area (Å²) < 4.78 is 18.7. The van der Waals surface area contributed by atoms with Crippen LogP contribution in [0.15, 0.2) is 28.8 Å². The summed E-state index contributed by atoms with van der Waals surface area (Å²) in [6, 6.07) is 5.89. The molecule has 148 valence electrons. The van der Waals surface area contributed by atoms with Crippen molar-refractivity contribution in [1.82, 2.24) is 20.4 Å². The summed E-state index contributed by atoms with van der Waals surface area (Å²) in [6.45, 7) is -0.0168. The number of amides is 2. The Morgan fingerprint density at radius 2 is 1.93 bits per heavy atom. The number of rotatable bonds is 5. The lowest BCUT2D eigenvalue weighted by Crippen LogP contribution is -2.42. The summed E-state index contributed by atoms with van der Waals surface area (Å²) in [5.74, 6) is 0.413. The number of benzene rings is 1. The van der Waals surface area contributed by atoms with Gasteiger partial charge < -0.3 is 14.7 Å². The van der Waals surface area contributed by atoms with E-state index in [4.69, 9.17) is 4.52 Å². The number of nitrogens with zero attached hydrogens (tertiary/aromatic N) is 3. The molecule has 1 aromatic carbocycles. The van der Waals surface area contributed by atoms with Gasteiger partial charge in [-0.3, -0.25) is 9.59 Å². The molecular formula is C20H23FN4O3. The van der Waals surface area contributed by atoms with Crippen molar-refractivity contribution in [2.24, 2.45) is 17.8 Å². The minimum absolute atomic E-state index is 0.0168. The Morgan fingerprint density at radius 3 is 2.64 bits per heavy atom. The van der Waals surface area contributed by atoms with Crippen LogP contribution in [0.5, 0.6) is 0 Å². The Bertz CT molecular complexity index is 880. The van der Waals surface area contributed by atoms with E-state index in [1.54, 1.807) is 26.2 Å². The second-order valence-electron chi connectivity index (χ2n) is 7.85. The number of fused-ring (bicyclic) bond motifs is 2. The number of nitrogens with one attached hydrogen (secondary N) is 1. The van der Waals surface area contributed by atoms with Crippen LogP contribution in [0, 0.1) is 23.6 Å². The van der Waals surface area contributed by atoms with E-state index in [2.05, 4.69) is 15.5 Å². The molecule has 2 aliphatic rings. The highest BCUT2D eigenvalue weighted by Gasteiger charge is 2.53. The Hall–Kier alpha value is -2.77. The summed E-state index contributed by atoms with van der Waals surface area (Å²) in [4.78, 5) is 30.6. The van der Waals surface area contributed by atoms with Crippen LogP contribution in [-0.4, -0.2) is 47.5 Å².